The number of ether oxygens (including phenoxy) is 2. The second-order valence-electron chi connectivity index (χ2n) is 8.44. The molecule has 0 bridgehead atoms. The van der Waals surface area contributed by atoms with E-state index in [2.05, 4.69) is 4.74 Å². The highest BCUT2D eigenvalue weighted by molar-refractivity contribution is 5.79. The highest BCUT2D eigenvalue weighted by atomic mass is 19.4. The van der Waals surface area contributed by atoms with Crippen LogP contribution < -0.4 is 0 Å². The molecule has 1 aliphatic heterocycles. The van der Waals surface area contributed by atoms with E-state index >= 15 is 0 Å². The molecule has 0 saturated carbocycles. The van der Waals surface area contributed by atoms with Gasteiger partial charge in [-0.05, 0) is 20.3 Å². The molecule has 1 aliphatic rings. The third-order valence-corrected chi connectivity index (χ3v) is 5.38. The summed E-state index contributed by atoms with van der Waals surface area (Å²) in [6.07, 6.45) is -10.9. The molecule has 1 amide bonds. The van der Waals surface area contributed by atoms with Crippen molar-refractivity contribution in [2.75, 3.05) is 13.1 Å². The van der Waals surface area contributed by atoms with Gasteiger partial charge in [-0.25, -0.2) is 9.59 Å². The molecule has 1 heterocycles. The predicted molar refractivity (Wildman–Crippen MR) is 92.3 cm³/mol. The molecule has 0 aromatic carbocycles. The molecule has 1 rings (SSSR count). The van der Waals surface area contributed by atoms with Crippen LogP contribution in [0.5, 0.6) is 0 Å². The summed E-state index contributed by atoms with van der Waals surface area (Å²) >= 11 is 0. The van der Waals surface area contributed by atoms with Crippen molar-refractivity contribution in [3.8, 4) is 0 Å². The fraction of sp³-hybridized carbons (Fsp3) is 0.889. The molecule has 5 nitrogen and oxygen atoms in total. The van der Waals surface area contributed by atoms with Gasteiger partial charge in [0.25, 0.3) is 0 Å². The van der Waals surface area contributed by atoms with Crippen molar-refractivity contribution in [2.45, 2.75) is 87.5 Å². The molecule has 0 radical (unpaired) electrons. The van der Waals surface area contributed by atoms with Crippen LogP contribution in [0.1, 0.15) is 40.0 Å². The smallest absolute Gasteiger partial charge is 0.458 e. The summed E-state index contributed by atoms with van der Waals surface area (Å²) in [5.74, 6) is -42.4. The van der Waals surface area contributed by atoms with Crippen molar-refractivity contribution in [1.29, 1.82) is 0 Å². The van der Waals surface area contributed by atoms with Crippen molar-refractivity contribution in [3.05, 3.63) is 0 Å². The summed E-state index contributed by atoms with van der Waals surface area (Å²) in [5, 5.41) is 0. The molecule has 1 saturated heterocycles. The van der Waals surface area contributed by atoms with Crippen LogP contribution in [0, 0.1) is 0 Å². The SMILES string of the molecule is CCC(C)(C)OC(=O)N1CCC(OC(=O)C(F)(F)C(F)(F)C(F)(F)C(F)(F)C(F)(F)C(F)(F)F)CC1. The van der Waals surface area contributed by atoms with E-state index in [9.17, 15) is 66.7 Å². The molecular weight excluding hydrogens is 541 g/mol. The Labute approximate surface area is 194 Å². The van der Waals surface area contributed by atoms with Crippen molar-refractivity contribution < 1.29 is 76.1 Å². The Balaban J connectivity index is 3.02. The van der Waals surface area contributed by atoms with Gasteiger partial charge in [0.1, 0.15) is 11.7 Å². The fourth-order valence-electron chi connectivity index (χ4n) is 2.65. The number of esters is 1. The topological polar surface area (TPSA) is 55.8 Å². The van der Waals surface area contributed by atoms with Gasteiger partial charge >= 0.3 is 47.9 Å². The Morgan fingerprint density at radius 2 is 1.17 bits per heavy atom. The number of alkyl halides is 13. The van der Waals surface area contributed by atoms with Crippen LogP contribution in [0.2, 0.25) is 0 Å². The molecule has 0 N–H and O–H groups in total. The third-order valence-electron chi connectivity index (χ3n) is 5.38. The minimum atomic E-state index is -8.11. The van der Waals surface area contributed by atoms with E-state index in [0.717, 1.165) is 4.90 Å². The Morgan fingerprint density at radius 1 is 0.750 bits per heavy atom. The maximum absolute atomic E-state index is 13.8. The second-order valence-corrected chi connectivity index (χ2v) is 8.44. The largest absolute Gasteiger partial charge is 0.460 e. The fourth-order valence-corrected chi connectivity index (χ4v) is 2.65. The zero-order valence-corrected chi connectivity index (χ0v) is 18.6. The molecule has 0 aliphatic carbocycles. The maximum Gasteiger partial charge on any atom is 0.460 e. The minimum absolute atomic E-state index is 0.384. The van der Waals surface area contributed by atoms with E-state index in [0.29, 0.717) is 6.42 Å². The first-order valence-corrected chi connectivity index (χ1v) is 9.95. The van der Waals surface area contributed by atoms with E-state index in [1.54, 1.807) is 20.8 Å². The lowest BCUT2D eigenvalue weighted by molar-refractivity contribution is -0.437. The lowest BCUT2D eigenvalue weighted by atomic mass is 9.94. The Hall–Kier alpha value is -2.17. The van der Waals surface area contributed by atoms with E-state index in [-0.39, 0.29) is 13.1 Å². The van der Waals surface area contributed by atoms with Crippen LogP contribution >= 0.6 is 0 Å². The average molecular weight is 561 g/mol. The van der Waals surface area contributed by atoms with Crippen molar-refractivity contribution >= 4 is 12.1 Å². The number of carbonyl (C=O) groups is 2. The van der Waals surface area contributed by atoms with E-state index in [1.807, 2.05) is 0 Å². The number of hydrogen-bond donors (Lipinski definition) is 0. The Kier molecular flexibility index (Phi) is 8.51. The van der Waals surface area contributed by atoms with E-state index in [1.165, 1.54) is 0 Å². The second kappa shape index (κ2) is 9.61. The molecule has 0 aromatic heterocycles. The Morgan fingerprint density at radius 3 is 1.56 bits per heavy atom. The first-order chi connectivity index (χ1) is 15.8. The predicted octanol–water partition coefficient (Wildman–Crippen LogP) is 6.06. The molecule has 0 aromatic rings. The monoisotopic (exact) mass is 561 g/mol. The molecule has 18 heteroatoms. The van der Waals surface area contributed by atoms with Gasteiger partial charge in [-0.15, -0.1) is 0 Å². The molecule has 1 fully saturated rings. The van der Waals surface area contributed by atoms with E-state index in [4.69, 9.17) is 4.74 Å². The number of piperidine rings is 1. The normalized spacial score (nSPS) is 17.7. The first-order valence-electron chi connectivity index (χ1n) is 9.95. The highest BCUT2D eigenvalue weighted by Gasteiger charge is 2.92. The summed E-state index contributed by atoms with van der Waals surface area (Å²) < 4.78 is 180. The quantitative estimate of drug-likeness (QED) is 0.267. The summed E-state index contributed by atoms with van der Waals surface area (Å²) in [6, 6.07) is 0. The molecule has 212 valence electrons. The van der Waals surface area contributed by atoms with Crippen LogP contribution in [0.3, 0.4) is 0 Å². The summed E-state index contributed by atoms with van der Waals surface area (Å²) in [7, 11) is 0. The number of likely N-dealkylation sites (tertiary alicyclic amines) is 1. The minimum Gasteiger partial charge on any atom is -0.458 e. The lowest BCUT2D eigenvalue weighted by Gasteiger charge is -2.39. The molecular formula is C18H20F13NO4. The van der Waals surface area contributed by atoms with Crippen LogP contribution in [-0.4, -0.2) is 77.5 Å². The van der Waals surface area contributed by atoms with Gasteiger partial charge in [-0.1, -0.05) is 6.92 Å². The number of rotatable bonds is 8. The zero-order chi connectivity index (χ0) is 28.8. The number of halogens is 13. The van der Waals surface area contributed by atoms with Crippen molar-refractivity contribution in [3.63, 3.8) is 0 Å². The van der Waals surface area contributed by atoms with Gasteiger partial charge in [0, 0.05) is 25.9 Å². The van der Waals surface area contributed by atoms with Gasteiger partial charge in [0.05, 0.1) is 0 Å². The average Bonchev–Trinajstić information content (AvgIpc) is 2.72. The maximum atomic E-state index is 13.8. The van der Waals surface area contributed by atoms with Crippen LogP contribution in [0.25, 0.3) is 0 Å². The number of amides is 1. The van der Waals surface area contributed by atoms with E-state index < -0.39 is 72.4 Å². The van der Waals surface area contributed by atoms with Crippen LogP contribution in [0.15, 0.2) is 0 Å². The first kappa shape index (κ1) is 31.9. The standard InChI is InChI=1S/C18H20F13NO4/c1-4-12(2,3)36-11(34)32-7-5-9(6-8-32)35-10(33)13(19,20)14(21,22)15(23,24)16(25,26)17(27,28)18(29,30)31/h9H,4-8H2,1-3H3. The number of hydrogen-bond acceptors (Lipinski definition) is 4. The number of nitrogens with zero attached hydrogens (tertiary/aromatic N) is 1. The van der Waals surface area contributed by atoms with Gasteiger partial charge in [0.2, 0.25) is 0 Å². The highest BCUT2D eigenvalue weighted by Crippen LogP contribution is 2.60. The van der Waals surface area contributed by atoms with Crippen molar-refractivity contribution in [2.24, 2.45) is 0 Å². The number of carbonyl (C=O) groups excluding carboxylic acids is 2. The zero-order valence-electron chi connectivity index (χ0n) is 18.6. The van der Waals surface area contributed by atoms with Gasteiger partial charge in [0.15, 0.2) is 0 Å². The van der Waals surface area contributed by atoms with Gasteiger partial charge < -0.3 is 14.4 Å². The van der Waals surface area contributed by atoms with Crippen LogP contribution in [-0.2, 0) is 14.3 Å². The molecule has 0 spiro atoms. The Bertz CT molecular complexity index is 818. The van der Waals surface area contributed by atoms with Gasteiger partial charge in [-0.3, -0.25) is 0 Å². The molecule has 0 unspecified atom stereocenters. The molecule has 0 atom stereocenters. The van der Waals surface area contributed by atoms with Crippen LogP contribution in [0.4, 0.5) is 61.9 Å². The van der Waals surface area contributed by atoms with Gasteiger partial charge in [-0.2, -0.15) is 57.1 Å². The third kappa shape index (κ3) is 5.40. The summed E-state index contributed by atoms with van der Waals surface area (Å²) in [4.78, 5) is 24.5. The summed E-state index contributed by atoms with van der Waals surface area (Å²) in [5.41, 5.74) is -0.912. The summed E-state index contributed by atoms with van der Waals surface area (Å²) in [6.45, 7) is 4.00. The molecule has 36 heavy (non-hydrogen) atoms. The lowest BCUT2D eigenvalue weighted by Crippen LogP contribution is -2.71. The van der Waals surface area contributed by atoms with Crippen molar-refractivity contribution in [1.82, 2.24) is 4.90 Å².